The Morgan fingerprint density at radius 2 is 1.89 bits per heavy atom. The first-order valence-electron chi connectivity index (χ1n) is 5.87. The van der Waals surface area contributed by atoms with Crippen LogP contribution in [0.5, 0.6) is 0 Å². The predicted octanol–water partition coefficient (Wildman–Crippen LogP) is 1.40. The quantitative estimate of drug-likeness (QED) is 0.802. The van der Waals surface area contributed by atoms with Gasteiger partial charge >= 0.3 is 5.97 Å². The van der Waals surface area contributed by atoms with Gasteiger partial charge in [-0.05, 0) is 25.0 Å². The van der Waals surface area contributed by atoms with Crippen molar-refractivity contribution in [3.63, 3.8) is 0 Å². The molecule has 1 aromatic rings. The van der Waals surface area contributed by atoms with Gasteiger partial charge in [-0.25, -0.2) is 4.79 Å². The minimum absolute atomic E-state index is 0.0529. The van der Waals surface area contributed by atoms with Gasteiger partial charge in [0, 0.05) is 18.4 Å². The maximum absolute atomic E-state index is 11.5. The van der Waals surface area contributed by atoms with Crippen LogP contribution in [0.1, 0.15) is 31.1 Å². The van der Waals surface area contributed by atoms with Crippen molar-refractivity contribution in [2.75, 3.05) is 6.61 Å². The number of carbonyl (C=O) groups excluding carboxylic acids is 2. The van der Waals surface area contributed by atoms with Crippen LogP contribution in [0.3, 0.4) is 0 Å². The van der Waals surface area contributed by atoms with Gasteiger partial charge in [0.2, 0.25) is 0 Å². The summed E-state index contributed by atoms with van der Waals surface area (Å²) >= 11 is 0. The molecule has 1 aromatic heterocycles. The van der Waals surface area contributed by atoms with Crippen LogP contribution < -0.4 is 5.32 Å². The molecule has 5 heteroatoms. The molecule has 0 bridgehead atoms. The van der Waals surface area contributed by atoms with Gasteiger partial charge in [0.1, 0.15) is 0 Å². The average Bonchev–Trinajstić information content (AvgIpc) is 2.36. The summed E-state index contributed by atoms with van der Waals surface area (Å²) in [7, 11) is 0. The van der Waals surface area contributed by atoms with E-state index in [1.165, 1.54) is 24.5 Å². The third-order valence-corrected chi connectivity index (χ3v) is 2.64. The highest BCUT2D eigenvalue weighted by atomic mass is 16.5. The van der Waals surface area contributed by atoms with Crippen molar-refractivity contribution in [2.24, 2.45) is 5.92 Å². The molecule has 0 spiro atoms. The van der Waals surface area contributed by atoms with Crippen molar-refractivity contribution in [1.82, 2.24) is 10.3 Å². The zero-order chi connectivity index (χ0) is 13.5. The fourth-order valence-electron chi connectivity index (χ4n) is 1.16. The van der Waals surface area contributed by atoms with E-state index in [1.807, 2.05) is 20.8 Å². The Bertz CT molecular complexity index is 404. The number of nitrogens with one attached hydrogen (secondary N) is 1. The first kappa shape index (κ1) is 14.2. The zero-order valence-electron chi connectivity index (χ0n) is 10.8. The molecule has 1 atom stereocenters. The van der Waals surface area contributed by atoms with Gasteiger partial charge in [-0.1, -0.05) is 13.8 Å². The zero-order valence-corrected chi connectivity index (χ0v) is 10.8. The molecule has 0 aromatic carbocycles. The summed E-state index contributed by atoms with van der Waals surface area (Å²) < 4.78 is 4.89. The Morgan fingerprint density at radius 1 is 1.28 bits per heavy atom. The highest BCUT2D eigenvalue weighted by Gasteiger charge is 2.13. The average molecular weight is 250 g/mol. The van der Waals surface area contributed by atoms with Gasteiger partial charge in [0.05, 0.1) is 5.56 Å². The van der Waals surface area contributed by atoms with Crippen molar-refractivity contribution in [3.8, 4) is 0 Å². The molecule has 0 aliphatic rings. The number of esters is 1. The molecule has 5 nitrogen and oxygen atoms in total. The van der Waals surface area contributed by atoms with Gasteiger partial charge in [-0.15, -0.1) is 0 Å². The van der Waals surface area contributed by atoms with Crippen LogP contribution in [0.4, 0.5) is 0 Å². The van der Waals surface area contributed by atoms with E-state index in [9.17, 15) is 9.59 Å². The number of hydrogen-bond donors (Lipinski definition) is 1. The SMILES string of the molecule is CC(C)[C@@H](C)NC(=O)COC(=O)c1ccncc1. The number of nitrogens with zero attached hydrogens (tertiary/aromatic N) is 1. The number of ether oxygens (including phenoxy) is 1. The largest absolute Gasteiger partial charge is 0.452 e. The lowest BCUT2D eigenvalue weighted by atomic mass is 10.1. The molecule has 0 unspecified atom stereocenters. The van der Waals surface area contributed by atoms with Crippen LogP contribution >= 0.6 is 0 Å². The second-order valence-corrected chi connectivity index (χ2v) is 4.41. The molecule has 0 aliphatic heterocycles. The van der Waals surface area contributed by atoms with Gasteiger partial charge < -0.3 is 10.1 Å². The summed E-state index contributed by atoms with van der Waals surface area (Å²) in [5, 5.41) is 2.76. The van der Waals surface area contributed by atoms with Gasteiger partial charge in [-0.2, -0.15) is 0 Å². The summed E-state index contributed by atoms with van der Waals surface area (Å²) in [6.07, 6.45) is 3.00. The predicted molar refractivity (Wildman–Crippen MR) is 67.0 cm³/mol. The van der Waals surface area contributed by atoms with Gasteiger partial charge in [0.25, 0.3) is 5.91 Å². The first-order chi connectivity index (χ1) is 8.50. The lowest BCUT2D eigenvalue weighted by molar-refractivity contribution is -0.125. The van der Waals surface area contributed by atoms with Gasteiger partial charge in [-0.3, -0.25) is 9.78 Å². The molecule has 0 aliphatic carbocycles. The lowest BCUT2D eigenvalue weighted by Gasteiger charge is -2.17. The minimum atomic E-state index is -0.523. The van der Waals surface area contributed by atoms with Crippen molar-refractivity contribution in [2.45, 2.75) is 26.8 Å². The van der Waals surface area contributed by atoms with Crippen molar-refractivity contribution in [3.05, 3.63) is 30.1 Å². The van der Waals surface area contributed by atoms with Crippen LogP contribution in [0.2, 0.25) is 0 Å². The Kier molecular flexibility index (Phi) is 5.30. The number of amides is 1. The fourth-order valence-corrected chi connectivity index (χ4v) is 1.16. The lowest BCUT2D eigenvalue weighted by Crippen LogP contribution is -2.38. The maximum atomic E-state index is 11.5. The summed E-state index contributed by atoms with van der Waals surface area (Å²) in [5.41, 5.74) is 0.384. The number of rotatable bonds is 5. The van der Waals surface area contributed by atoms with Crippen molar-refractivity contribution < 1.29 is 14.3 Å². The molecule has 18 heavy (non-hydrogen) atoms. The van der Waals surface area contributed by atoms with Crippen LogP contribution in [0.15, 0.2) is 24.5 Å². The second-order valence-electron chi connectivity index (χ2n) is 4.41. The summed E-state index contributed by atoms with van der Waals surface area (Å²) in [5.74, 6) is -0.479. The monoisotopic (exact) mass is 250 g/mol. The second kappa shape index (κ2) is 6.74. The molecule has 1 N–H and O–H groups in total. The molecule has 98 valence electrons. The first-order valence-corrected chi connectivity index (χ1v) is 5.87. The Hall–Kier alpha value is -1.91. The normalized spacial score (nSPS) is 12.0. The van der Waals surface area contributed by atoms with Crippen LogP contribution in [0.25, 0.3) is 0 Å². The molecule has 0 saturated carbocycles. The minimum Gasteiger partial charge on any atom is -0.452 e. The number of carbonyl (C=O) groups is 2. The van der Waals surface area contributed by atoms with Crippen LogP contribution in [0, 0.1) is 5.92 Å². The molecule has 0 saturated heterocycles. The maximum Gasteiger partial charge on any atom is 0.338 e. The van der Waals surface area contributed by atoms with Crippen LogP contribution in [-0.4, -0.2) is 29.5 Å². The Labute approximate surface area is 107 Å². The van der Waals surface area contributed by atoms with Crippen molar-refractivity contribution >= 4 is 11.9 Å². The van der Waals surface area contributed by atoms with E-state index in [-0.39, 0.29) is 18.6 Å². The van der Waals surface area contributed by atoms with E-state index in [0.29, 0.717) is 11.5 Å². The van der Waals surface area contributed by atoms with E-state index < -0.39 is 5.97 Å². The van der Waals surface area contributed by atoms with Crippen LogP contribution in [-0.2, 0) is 9.53 Å². The topological polar surface area (TPSA) is 68.3 Å². The third-order valence-electron chi connectivity index (χ3n) is 2.64. The smallest absolute Gasteiger partial charge is 0.338 e. The Balaban J connectivity index is 2.37. The number of aromatic nitrogens is 1. The highest BCUT2D eigenvalue weighted by Crippen LogP contribution is 2.01. The molecular formula is C13H18N2O3. The molecule has 0 radical (unpaired) electrons. The van der Waals surface area contributed by atoms with Crippen molar-refractivity contribution in [1.29, 1.82) is 0 Å². The molecular weight excluding hydrogens is 232 g/mol. The van der Waals surface area contributed by atoms with E-state index in [1.54, 1.807) is 0 Å². The summed E-state index contributed by atoms with van der Waals surface area (Å²) in [4.78, 5) is 26.8. The number of pyridine rings is 1. The fraction of sp³-hybridized carbons (Fsp3) is 0.462. The molecule has 1 amide bonds. The van der Waals surface area contributed by atoms with E-state index in [0.717, 1.165) is 0 Å². The summed E-state index contributed by atoms with van der Waals surface area (Å²) in [6, 6.07) is 3.13. The third kappa shape index (κ3) is 4.53. The van der Waals surface area contributed by atoms with E-state index in [2.05, 4.69) is 10.3 Å². The standard InChI is InChI=1S/C13H18N2O3/c1-9(2)10(3)15-12(16)8-18-13(17)11-4-6-14-7-5-11/h4-7,9-10H,8H2,1-3H3,(H,15,16)/t10-/m1/s1. The van der Waals surface area contributed by atoms with E-state index in [4.69, 9.17) is 4.74 Å². The number of hydrogen-bond acceptors (Lipinski definition) is 4. The Morgan fingerprint density at radius 3 is 2.44 bits per heavy atom. The highest BCUT2D eigenvalue weighted by molar-refractivity contribution is 5.91. The van der Waals surface area contributed by atoms with Gasteiger partial charge in [0.15, 0.2) is 6.61 Å². The molecule has 1 heterocycles. The van der Waals surface area contributed by atoms with E-state index >= 15 is 0 Å². The summed E-state index contributed by atoms with van der Waals surface area (Å²) in [6.45, 7) is 5.66. The molecule has 1 rings (SSSR count). The molecule has 0 fully saturated rings.